The summed E-state index contributed by atoms with van der Waals surface area (Å²) in [7, 11) is 1.96. The Kier molecular flexibility index (Phi) is 4.97. The minimum absolute atomic E-state index is 0.215. The van der Waals surface area contributed by atoms with Gasteiger partial charge in [0.2, 0.25) is 0 Å². The van der Waals surface area contributed by atoms with Gasteiger partial charge < -0.3 is 5.32 Å². The number of aryl methyl sites for hydroxylation is 1. The average Bonchev–Trinajstić information content (AvgIpc) is 2.39. The van der Waals surface area contributed by atoms with Crippen LogP contribution in [0.5, 0.6) is 0 Å². The van der Waals surface area contributed by atoms with Crippen LogP contribution < -0.4 is 5.32 Å². The second-order valence-electron chi connectivity index (χ2n) is 4.46. The van der Waals surface area contributed by atoms with E-state index in [4.69, 9.17) is 11.6 Å². The fourth-order valence-electron chi connectivity index (χ4n) is 2.14. The Morgan fingerprint density at radius 3 is 2.79 bits per heavy atom. The number of nitrogens with zero attached hydrogens (tertiary/aromatic N) is 1. The third-order valence-electron chi connectivity index (χ3n) is 3.21. The molecule has 100 valence electrons. The molecule has 1 atom stereocenters. The van der Waals surface area contributed by atoms with E-state index in [1.165, 1.54) is 5.56 Å². The molecule has 2 aromatic rings. The minimum atomic E-state index is 0.215. The van der Waals surface area contributed by atoms with Crippen LogP contribution in [0, 0.1) is 6.92 Å². The second-order valence-corrected chi connectivity index (χ2v) is 5.78. The molecular weight excluding hydrogens is 324 g/mol. The molecule has 1 aromatic heterocycles. The summed E-state index contributed by atoms with van der Waals surface area (Å²) in [6.45, 7) is 2.03. The average molecular weight is 340 g/mol. The SMILES string of the molecule is CNC(Cc1ccc(Br)cc1Cl)c1cccnc1C. The molecule has 0 aliphatic carbocycles. The van der Waals surface area contributed by atoms with Crippen LogP contribution in [0.1, 0.15) is 22.9 Å². The molecule has 1 unspecified atom stereocenters. The number of pyridine rings is 1. The van der Waals surface area contributed by atoms with Crippen molar-refractivity contribution in [3.8, 4) is 0 Å². The van der Waals surface area contributed by atoms with E-state index < -0.39 is 0 Å². The zero-order valence-electron chi connectivity index (χ0n) is 11.0. The lowest BCUT2D eigenvalue weighted by Gasteiger charge is -2.19. The van der Waals surface area contributed by atoms with Crippen LogP contribution in [0.2, 0.25) is 5.02 Å². The van der Waals surface area contributed by atoms with E-state index in [9.17, 15) is 0 Å². The Labute approximate surface area is 127 Å². The standard InChI is InChI=1S/C15H16BrClN2/c1-10-13(4-3-7-19-10)15(18-2)8-11-5-6-12(16)9-14(11)17/h3-7,9,15,18H,8H2,1-2H3. The summed E-state index contributed by atoms with van der Waals surface area (Å²) < 4.78 is 1.000. The number of halogens is 2. The lowest BCUT2D eigenvalue weighted by atomic mass is 9.98. The van der Waals surface area contributed by atoms with Crippen LogP contribution in [-0.4, -0.2) is 12.0 Å². The molecule has 2 rings (SSSR count). The third-order valence-corrected chi connectivity index (χ3v) is 4.06. The van der Waals surface area contributed by atoms with E-state index in [0.29, 0.717) is 0 Å². The zero-order chi connectivity index (χ0) is 13.8. The topological polar surface area (TPSA) is 24.9 Å². The van der Waals surface area contributed by atoms with Crippen molar-refractivity contribution in [3.05, 3.63) is 62.8 Å². The van der Waals surface area contributed by atoms with Gasteiger partial charge in [-0.3, -0.25) is 4.98 Å². The lowest BCUT2D eigenvalue weighted by Crippen LogP contribution is -2.20. The summed E-state index contributed by atoms with van der Waals surface area (Å²) in [5.74, 6) is 0. The van der Waals surface area contributed by atoms with E-state index in [2.05, 4.69) is 38.4 Å². The van der Waals surface area contributed by atoms with Gasteiger partial charge in [0, 0.05) is 27.4 Å². The molecule has 1 aromatic carbocycles. The first-order chi connectivity index (χ1) is 9.11. The van der Waals surface area contributed by atoms with Gasteiger partial charge in [-0.2, -0.15) is 0 Å². The second kappa shape index (κ2) is 6.51. The Bertz CT molecular complexity index is 572. The van der Waals surface area contributed by atoms with E-state index in [-0.39, 0.29) is 6.04 Å². The van der Waals surface area contributed by atoms with Gasteiger partial charge in [0.15, 0.2) is 0 Å². The fourth-order valence-corrected chi connectivity index (χ4v) is 2.89. The highest BCUT2D eigenvalue weighted by Gasteiger charge is 2.14. The van der Waals surface area contributed by atoms with Gasteiger partial charge in [-0.15, -0.1) is 0 Å². The first kappa shape index (κ1) is 14.5. The fraction of sp³-hybridized carbons (Fsp3) is 0.267. The number of likely N-dealkylation sites (N-methyl/N-ethyl adjacent to an activating group) is 1. The van der Waals surface area contributed by atoms with Crippen LogP contribution in [-0.2, 0) is 6.42 Å². The number of rotatable bonds is 4. The predicted octanol–water partition coefficient (Wildman–Crippen LogP) is 4.31. The molecule has 2 nitrogen and oxygen atoms in total. The molecule has 0 fully saturated rings. The van der Waals surface area contributed by atoms with Crippen LogP contribution in [0.4, 0.5) is 0 Å². The van der Waals surface area contributed by atoms with Gasteiger partial charge in [0.05, 0.1) is 0 Å². The van der Waals surface area contributed by atoms with Gasteiger partial charge in [0.1, 0.15) is 0 Å². The maximum Gasteiger partial charge on any atom is 0.0449 e. The van der Waals surface area contributed by atoms with Crippen LogP contribution in [0.25, 0.3) is 0 Å². The first-order valence-corrected chi connectivity index (χ1v) is 7.31. The molecule has 0 bridgehead atoms. The number of aromatic nitrogens is 1. The highest BCUT2D eigenvalue weighted by atomic mass is 79.9. The van der Waals surface area contributed by atoms with Crippen molar-refractivity contribution < 1.29 is 0 Å². The summed E-state index contributed by atoms with van der Waals surface area (Å²) in [6, 6.07) is 10.3. The van der Waals surface area contributed by atoms with Gasteiger partial charge in [-0.25, -0.2) is 0 Å². The molecule has 4 heteroatoms. The normalized spacial score (nSPS) is 12.4. The number of hydrogen-bond acceptors (Lipinski definition) is 2. The van der Waals surface area contributed by atoms with Crippen molar-refractivity contribution >= 4 is 27.5 Å². The summed E-state index contributed by atoms with van der Waals surface area (Å²) in [5, 5.41) is 4.13. The van der Waals surface area contributed by atoms with Crippen molar-refractivity contribution in [2.45, 2.75) is 19.4 Å². The number of hydrogen-bond donors (Lipinski definition) is 1. The lowest BCUT2D eigenvalue weighted by molar-refractivity contribution is 0.586. The molecule has 0 saturated heterocycles. The van der Waals surface area contributed by atoms with E-state index in [1.54, 1.807) is 0 Å². The Morgan fingerprint density at radius 2 is 2.16 bits per heavy atom. The number of nitrogens with one attached hydrogen (secondary N) is 1. The summed E-state index contributed by atoms with van der Waals surface area (Å²) in [4.78, 5) is 4.35. The Balaban J connectivity index is 2.27. The van der Waals surface area contributed by atoms with Crippen molar-refractivity contribution in [1.29, 1.82) is 0 Å². The monoisotopic (exact) mass is 338 g/mol. The van der Waals surface area contributed by atoms with Crippen molar-refractivity contribution in [2.24, 2.45) is 0 Å². The molecule has 0 saturated carbocycles. The highest BCUT2D eigenvalue weighted by Crippen LogP contribution is 2.27. The molecule has 0 amide bonds. The minimum Gasteiger partial charge on any atom is -0.313 e. The highest BCUT2D eigenvalue weighted by molar-refractivity contribution is 9.10. The molecule has 0 aliphatic rings. The molecule has 0 radical (unpaired) electrons. The van der Waals surface area contributed by atoms with Gasteiger partial charge >= 0.3 is 0 Å². The van der Waals surface area contributed by atoms with Crippen molar-refractivity contribution in [2.75, 3.05) is 7.05 Å². The smallest absolute Gasteiger partial charge is 0.0449 e. The molecule has 19 heavy (non-hydrogen) atoms. The van der Waals surface area contributed by atoms with E-state index >= 15 is 0 Å². The molecule has 0 aliphatic heterocycles. The van der Waals surface area contributed by atoms with Crippen molar-refractivity contribution in [3.63, 3.8) is 0 Å². The molecule has 0 spiro atoms. The Hall–Kier alpha value is -0.900. The zero-order valence-corrected chi connectivity index (χ0v) is 13.3. The largest absolute Gasteiger partial charge is 0.313 e. The summed E-state index contributed by atoms with van der Waals surface area (Å²) in [6.07, 6.45) is 2.66. The molecule has 1 N–H and O–H groups in total. The summed E-state index contributed by atoms with van der Waals surface area (Å²) >= 11 is 9.71. The van der Waals surface area contributed by atoms with E-state index in [1.807, 2.05) is 38.4 Å². The van der Waals surface area contributed by atoms with E-state index in [0.717, 1.165) is 27.2 Å². The first-order valence-electron chi connectivity index (χ1n) is 6.14. The maximum atomic E-state index is 6.28. The third kappa shape index (κ3) is 3.56. The van der Waals surface area contributed by atoms with Crippen LogP contribution in [0.15, 0.2) is 41.0 Å². The van der Waals surface area contributed by atoms with Gasteiger partial charge in [-0.05, 0) is 49.7 Å². The van der Waals surface area contributed by atoms with Crippen LogP contribution >= 0.6 is 27.5 Å². The van der Waals surface area contributed by atoms with Gasteiger partial charge in [0.25, 0.3) is 0 Å². The quantitative estimate of drug-likeness (QED) is 0.898. The number of benzene rings is 1. The Morgan fingerprint density at radius 1 is 1.37 bits per heavy atom. The van der Waals surface area contributed by atoms with Crippen LogP contribution in [0.3, 0.4) is 0 Å². The maximum absolute atomic E-state index is 6.28. The molecular formula is C15H16BrClN2. The predicted molar refractivity (Wildman–Crippen MR) is 83.6 cm³/mol. The van der Waals surface area contributed by atoms with Crippen molar-refractivity contribution in [1.82, 2.24) is 10.3 Å². The van der Waals surface area contributed by atoms with Gasteiger partial charge in [-0.1, -0.05) is 39.7 Å². The molecule has 1 heterocycles. The summed E-state index contributed by atoms with van der Waals surface area (Å²) in [5.41, 5.74) is 3.39.